The first-order valence-electron chi connectivity index (χ1n) is 9.42. The lowest BCUT2D eigenvalue weighted by molar-refractivity contribution is 0.792. The first-order valence-corrected chi connectivity index (χ1v) is 12.3. The Morgan fingerprint density at radius 1 is 0.840 bits per heavy atom. The molecular weight excluding hydrogens is 316 g/mol. The third-order valence-electron chi connectivity index (χ3n) is 5.43. The van der Waals surface area contributed by atoms with Crippen LogP contribution in [-0.4, -0.2) is 8.80 Å². The second kappa shape index (κ2) is 6.31. The molecule has 0 amide bonds. The van der Waals surface area contributed by atoms with Crippen LogP contribution in [-0.2, 0) is 0 Å². The molecule has 0 atom stereocenters. The molecular formula is C24H26Si. The number of hydrogen-bond donors (Lipinski definition) is 0. The zero-order valence-corrected chi connectivity index (χ0v) is 16.8. The lowest BCUT2D eigenvalue weighted by Crippen LogP contribution is -2.11. The summed E-state index contributed by atoms with van der Waals surface area (Å²) in [6.07, 6.45) is 3.62. The first kappa shape index (κ1) is 16.4. The summed E-state index contributed by atoms with van der Waals surface area (Å²) in [4.78, 5) is 0. The monoisotopic (exact) mass is 342 g/mol. The van der Waals surface area contributed by atoms with Gasteiger partial charge in [-0.05, 0) is 56.7 Å². The molecule has 126 valence electrons. The van der Waals surface area contributed by atoms with Crippen LogP contribution in [0, 0.1) is 5.92 Å². The van der Waals surface area contributed by atoms with Gasteiger partial charge in [-0.25, -0.2) is 0 Å². The van der Waals surface area contributed by atoms with Gasteiger partial charge in [-0.15, -0.1) is 0 Å². The van der Waals surface area contributed by atoms with Crippen LogP contribution in [0.4, 0.5) is 0 Å². The minimum absolute atomic E-state index is 0.580. The Bertz CT molecular complexity index is 965. The van der Waals surface area contributed by atoms with Crippen molar-refractivity contribution in [2.75, 3.05) is 0 Å². The molecule has 0 nitrogen and oxygen atoms in total. The molecule has 0 N–H and O–H groups in total. The van der Waals surface area contributed by atoms with Gasteiger partial charge in [0, 0.05) is 0 Å². The first-order chi connectivity index (χ1) is 12.1. The molecule has 0 unspecified atom stereocenters. The highest BCUT2D eigenvalue weighted by Crippen LogP contribution is 2.43. The molecule has 1 aliphatic rings. The smallest absolute Gasteiger partial charge is 0.0647 e. The Kier molecular flexibility index (Phi) is 4.13. The molecule has 1 aliphatic carbocycles. The van der Waals surface area contributed by atoms with Gasteiger partial charge >= 0.3 is 0 Å². The van der Waals surface area contributed by atoms with Gasteiger partial charge in [0.2, 0.25) is 0 Å². The van der Waals surface area contributed by atoms with Gasteiger partial charge in [-0.2, -0.15) is 0 Å². The lowest BCUT2D eigenvalue weighted by Gasteiger charge is -2.20. The zero-order chi connectivity index (χ0) is 17.6. The highest BCUT2D eigenvalue weighted by molar-refractivity contribution is 6.65. The van der Waals surface area contributed by atoms with Crippen LogP contribution < -0.4 is 0 Å². The van der Waals surface area contributed by atoms with E-state index in [9.17, 15) is 0 Å². The molecule has 3 aromatic rings. The molecule has 0 heterocycles. The van der Waals surface area contributed by atoms with Crippen LogP contribution >= 0.6 is 0 Å². The molecule has 1 heteroatoms. The SMILES string of the molecule is CC(C)C1=C(c2c3ccccc3cc3ccccc23)CC=C1[SiH](C)C. The predicted octanol–water partition coefficient (Wildman–Crippen LogP) is 6.76. The van der Waals surface area contributed by atoms with E-state index in [4.69, 9.17) is 0 Å². The second-order valence-electron chi connectivity index (χ2n) is 7.76. The predicted molar refractivity (Wildman–Crippen MR) is 115 cm³/mol. The molecule has 0 spiro atoms. The van der Waals surface area contributed by atoms with E-state index in [1.807, 2.05) is 0 Å². The van der Waals surface area contributed by atoms with E-state index in [0.717, 1.165) is 6.42 Å². The van der Waals surface area contributed by atoms with E-state index in [0.29, 0.717) is 5.92 Å². The van der Waals surface area contributed by atoms with Gasteiger partial charge in [0.05, 0.1) is 8.80 Å². The average Bonchev–Trinajstić information content (AvgIpc) is 3.04. The Morgan fingerprint density at radius 3 is 1.92 bits per heavy atom. The summed E-state index contributed by atoms with van der Waals surface area (Å²) in [7, 11) is -0.820. The van der Waals surface area contributed by atoms with E-state index >= 15 is 0 Å². The van der Waals surface area contributed by atoms with Crippen molar-refractivity contribution in [2.45, 2.75) is 33.4 Å². The minimum Gasteiger partial charge on any atom is -0.0809 e. The molecule has 0 aliphatic heterocycles. The molecule has 0 radical (unpaired) electrons. The van der Waals surface area contributed by atoms with Crippen molar-refractivity contribution < 1.29 is 0 Å². The zero-order valence-electron chi connectivity index (χ0n) is 15.6. The van der Waals surface area contributed by atoms with Crippen LogP contribution in [0.3, 0.4) is 0 Å². The summed E-state index contributed by atoms with van der Waals surface area (Å²) in [6.45, 7) is 9.63. The summed E-state index contributed by atoms with van der Waals surface area (Å²) in [6, 6.07) is 20.1. The van der Waals surface area contributed by atoms with E-state index in [2.05, 4.69) is 87.6 Å². The third-order valence-corrected chi connectivity index (χ3v) is 7.23. The van der Waals surface area contributed by atoms with E-state index in [1.54, 1.807) is 16.3 Å². The molecule has 0 aromatic heterocycles. The van der Waals surface area contributed by atoms with Crippen molar-refractivity contribution in [3.05, 3.63) is 77.0 Å². The number of hydrogen-bond acceptors (Lipinski definition) is 0. The molecule has 0 bridgehead atoms. The van der Waals surface area contributed by atoms with Gasteiger partial charge < -0.3 is 0 Å². The van der Waals surface area contributed by atoms with Gasteiger partial charge in [0.1, 0.15) is 0 Å². The third kappa shape index (κ3) is 2.67. The summed E-state index contributed by atoms with van der Waals surface area (Å²) in [5.41, 5.74) is 4.67. The fourth-order valence-electron chi connectivity index (χ4n) is 4.41. The number of fused-ring (bicyclic) bond motifs is 2. The summed E-state index contributed by atoms with van der Waals surface area (Å²) >= 11 is 0. The van der Waals surface area contributed by atoms with Crippen LogP contribution in [0.15, 0.2) is 71.4 Å². The highest BCUT2D eigenvalue weighted by atomic mass is 28.3. The Morgan fingerprint density at radius 2 is 1.40 bits per heavy atom. The van der Waals surface area contributed by atoms with Crippen molar-refractivity contribution in [3.8, 4) is 0 Å². The molecule has 4 rings (SSSR count). The number of benzene rings is 3. The Hall–Kier alpha value is -2.12. The summed E-state index contributed by atoms with van der Waals surface area (Å²) in [5.74, 6) is 0.580. The van der Waals surface area contributed by atoms with E-state index in [-0.39, 0.29) is 0 Å². The molecule has 0 saturated heterocycles. The van der Waals surface area contributed by atoms with E-state index < -0.39 is 8.80 Å². The second-order valence-corrected chi connectivity index (χ2v) is 10.7. The van der Waals surface area contributed by atoms with Crippen LogP contribution in [0.5, 0.6) is 0 Å². The fourth-order valence-corrected chi connectivity index (χ4v) is 6.13. The normalized spacial score (nSPS) is 15.0. The fraction of sp³-hybridized carbons (Fsp3) is 0.250. The number of rotatable bonds is 3. The van der Waals surface area contributed by atoms with Crippen LogP contribution in [0.25, 0.3) is 27.1 Å². The average molecular weight is 343 g/mol. The topological polar surface area (TPSA) is 0 Å². The van der Waals surface area contributed by atoms with Gasteiger partial charge in [-0.3, -0.25) is 0 Å². The maximum absolute atomic E-state index is 2.53. The molecule has 0 fully saturated rings. The highest BCUT2D eigenvalue weighted by Gasteiger charge is 2.25. The van der Waals surface area contributed by atoms with Gasteiger partial charge in [0.25, 0.3) is 0 Å². The molecule has 25 heavy (non-hydrogen) atoms. The molecule has 3 aromatic carbocycles. The van der Waals surface area contributed by atoms with Crippen molar-refractivity contribution in [3.63, 3.8) is 0 Å². The van der Waals surface area contributed by atoms with Crippen molar-refractivity contribution in [1.29, 1.82) is 0 Å². The van der Waals surface area contributed by atoms with Crippen molar-refractivity contribution in [1.82, 2.24) is 0 Å². The molecule has 0 saturated carbocycles. The standard InChI is InChI=1S/C24H26Si/c1-16(2)23-21(13-14-22(23)25(3)4)24-19-11-7-5-9-17(19)15-18-10-6-8-12-20(18)24/h5-12,14-16,25H,13H2,1-4H3. The van der Waals surface area contributed by atoms with Crippen molar-refractivity contribution in [2.24, 2.45) is 5.92 Å². The maximum Gasteiger partial charge on any atom is 0.0647 e. The minimum atomic E-state index is -0.820. The largest absolute Gasteiger partial charge is 0.0809 e. The quantitative estimate of drug-likeness (QED) is 0.364. The Labute approximate surface area is 152 Å². The Balaban J connectivity index is 2.12. The summed E-state index contributed by atoms with van der Waals surface area (Å²) in [5, 5.41) is 7.18. The van der Waals surface area contributed by atoms with Crippen LogP contribution in [0.2, 0.25) is 13.1 Å². The van der Waals surface area contributed by atoms with Gasteiger partial charge in [-0.1, -0.05) is 86.7 Å². The summed E-state index contributed by atoms with van der Waals surface area (Å²) < 4.78 is 0. The lowest BCUT2D eigenvalue weighted by atomic mass is 9.87. The maximum atomic E-state index is 2.53. The number of allylic oxidation sites excluding steroid dienone is 4. The van der Waals surface area contributed by atoms with Crippen molar-refractivity contribution >= 4 is 35.9 Å². The van der Waals surface area contributed by atoms with Crippen LogP contribution in [0.1, 0.15) is 25.8 Å². The van der Waals surface area contributed by atoms with E-state index in [1.165, 1.54) is 27.1 Å². The van der Waals surface area contributed by atoms with Gasteiger partial charge in [0.15, 0.2) is 0 Å².